The lowest BCUT2D eigenvalue weighted by atomic mass is 10.3. The third-order valence-electron chi connectivity index (χ3n) is 1.32. The zero-order valence-corrected chi connectivity index (χ0v) is 9.99. The van der Waals surface area contributed by atoms with E-state index in [1.807, 2.05) is 13.8 Å². The Morgan fingerprint density at radius 2 is 1.87 bits per heavy atom. The fourth-order valence-electron chi connectivity index (χ4n) is 0.526. The summed E-state index contributed by atoms with van der Waals surface area (Å²) in [5.74, 6) is -0.446. The van der Waals surface area contributed by atoms with Crippen molar-refractivity contribution in [1.29, 1.82) is 0 Å². The summed E-state index contributed by atoms with van der Waals surface area (Å²) in [5.41, 5.74) is 0. The second kappa shape index (κ2) is 13.4. The van der Waals surface area contributed by atoms with Gasteiger partial charge in [-0.25, -0.2) is 4.79 Å². The van der Waals surface area contributed by atoms with Crippen molar-refractivity contribution in [3.8, 4) is 0 Å². The van der Waals surface area contributed by atoms with E-state index in [0.29, 0.717) is 6.61 Å². The van der Waals surface area contributed by atoms with E-state index >= 15 is 0 Å². The van der Waals surface area contributed by atoms with E-state index in [4.69, 9.17) is 9.84 Å². The van der Waals surface area contributed by atoms with E-state index in [0.717, 1.165) is 6.42 Å². The van der Waals surface area contributed by atoms with Crippen LogP contribution in [0.2, 0.25) is 0 Å². The number of hydrogen-bond donors (Lipinski definition) is 1. The van der Waals surface area contributed by atoms with E-state index in [1.165, 1.54) is 6.92 Å². The molecule has 0 rings (SSSR count). The lowest BCUT2D eigenvalue weighted by molar-refractivity contribution is -0.275. The third kappa shape index (κ3) is 19.7. The van der Waals surface area contributed by atoms with E-state index in [2.05, 4.69) is 9.78 Å². The molecule has 0 aliphatic heterocycles. The van der Waals surface area contributed by atoms with Gasteiger partial charge >= 0.3 is 5.97 Å². The number of ether oxygens (including phenoxy) is 1. The number of carbonyl (C=O) groups excluding carboxylic acids is 1. The molecular weight excluding hydrogens is 200 g/mol. The van der Waals surface area contributed by atoms with Crippen molar-refractivity contribution in [2.24, 2.45) is 0 Å². The molecule has 0 saturated carbocycles. The molecule has 0 saturated heterocycles. The molecule has 92 valence electrons. The molecule has 5 nitrogen and oxygen atoms in total. The van der Waals surface area contributed by atoms with Gasteiger partial charge in [0.2, 0.25) is 0 Å². The first-order valence-corrected chi connectivity index (χ1v) is 5.10. The average Bonchev–Trinajstić information content (AvgIpc) is 2.17. The van der Waals surface area contributed by atoms with Gasteiger partial charge in [0.25, 0.3) is 0 Å². The minimum atomic E-state index is -0.446. The van der Waals surface area contributed by atoms with Crippen LogP contribution in [0.4, 0.5) is 0 Å². The average molecular weight is 222 g/mol. The van der Waals surface area contributed by atoms with Gasteiger partial charge in [-0.05, 0) is 20.3 Å². The minimum Gasteiger partial charge on any atom is -0.397 e. The highest BCUT2D eigenvalue weighted by Crippen LogP contribution is 1.94. The van der Waals surface area contributed by atoms with Gasteiger partial charge in [0.1, 0.15) is 6.61 Å². The molecule has 15 heavy (non-hydrogen) atoms. The van der Waals surface area contributed by atoms with Crippen molar-refractivity contribution in [3.63, 3.8) is 0 Å². The Labute approximate surface area is 91.3 Å². The van der Waals surface area contributed by atoms with E-state index < -0.39 is 5.97 Å². The molecule has 0 bridgehead atoms. The maximum absolute atomic E-state index is 10.2. The third-order valence-corrected chi connectivity index (χ3v) is 1.32. The Hall–Kier alpha value is -0.650. The summed E-state index contributed by atoms with van der Waals surface area (Å²) in [6.07, 6.45) is 1.19. The van der Waals surface area contributed by atoms with Crippen LogP contribution in [-0.2, 0) is 19.3 Å². The van der Waals surface area contributed by atoms with Gasteiger partial charge < -0.3 is 9.84 Å². The molecule has 0 aromatic carbocycles. The van der Waals surface area contributed by atoms with Crippen LogP contribution in [0.25, 0.3) is 0 Å². The van der Waals surface area contributed by atoms with Gasteiger partial charge in [-0.2, -0.15) is 4.89 Å². The van der Waals surface area contributed by atoms with Crippen molar-refractivity contribution in [2.75, 3.05) is 19.8 Å². The maximum atomic E-state index is 10.2. The number of rotatable bonds is 6. The largest absolute Gasteiger partial charge is 0.397 e. The van der Waals surface area contributed by atoms with Crippen LogP contribution in [0.15, 0.2) is 0 Å². The summed E-state index contributed by atoms with van der Waals surface area (Å²) in [6, 6.07) is 0. The summed E-state index contributed by atoms with van der Waals surface area (Å²) in [4.78, 5) is 19.0. The minimum absolute atomic E-state index is 0.228. The Kier molecular flexibility index (Phi) is 14.9. The zero-order valence-electron chi connectivity index (χ0n) is 9.99. The molecule has 5 heteroatoms. The predicted molar refractivity (Wildman–Crippen MR) is 56.2 cm³/mol. The predicted octanol–water partition coefficient (Wildman–Crippen LogP) is 1.29. The first kappa shape index (κ1) is 16.8. The van der Waals surface area contributed by atoms with Crippen LogP contribution >= 0.6 is 0 Å². The van der Waals surface area contributed by atoms with E-state index in [1.54, 1.807) is 6.92 Å². The molecule has 0 fully saturated rings. The quantitative estimate of drug-likeness (QED) is 0.417. The molecule has 1 N–H and O–H groups in total. The fourth-order valence-corrected chi connectivity index (χ4v) is 0.526. The van der Waals surface area contributed by atoms with Crippen LogP contribution in [0.5, 0.6) is 0 Å². The van der Waals surface area contributed by atoms with E-state index in [9.17, 15) is 4.79 Å². The number of aliphatic hydroxyl groups excluding tert-OH is 1. The fraction of sp³-hybridized carbons (Fsp3) is 0.900. The molecule has 0 heterocycles. The SMILES string of the molecule is CCC(C)OCCOOC(C)=O.CCO. The Morgan fingerprint density at radius 3 is 2.27 bits per heavy atom. The number of carbonyl (C=O) groups is 1. The van der Waals surface area contributed by atoms with Crippen LogP contribution in [0.3, 0.4) is 0 Å². The Bertz CT molecular complexity index is 138. The van der Waals surface area contributed by atoms with Gasteiger partial charge in [-0.15, -0.1) is 0 Å². The Morgan fingerprint density at radius 1 is 1.33 bits per heavy atom. The highest BCUT2D eigenvalue weighted by Gasteiger charge is 1.98. The van der Waals surface area contributed by atoms with Crippen molar-refractivity contribution in [3.05, 3.63) is 0 Å². The topological polar surface area (TPSA) is 65.0 Å². The van der Waals surface area contributed by atoms with Gasteiger partial charge in [-0.3, -0.25) is 4.89 Å². The van der Waals surface area contributed by atoms with Crippen molar-refractivity contribution in [1.82, 2.24) is 0 Å². The molecule has 1 atom stereocenters. The summed E-state index contributed by atoms with van der Waals surface area (Å²) in [7, 11) is 0. The van der Waals surface area contributed by atoms with Gasteiger partial charge in [-0.1, -0.05) is 6.92 Å². The summed E-state index contributed by atoms with van der Waals surface area (Å²) in [6.45, 7) is 7.96. The number of hydrogen-bond acceptors (Lipinski definition) is 5. The monoisotopic (exact) mass is 222 g/mol. The molecular formula is C10H22O5. The van der Waals surface area contributed by atoms with Gasteiger partial charge in [0, 0.05) is 13.5 Å². The smallest absolute Gasteiger partial charge is 0.339 e. The molecule has 1 unspecified atom stereocenters. The lowest BCUT2D eigenvalue weighted by Crippen LogP contribution is -2.12. The van der Waals surface area contributed by atoms with Crippen LogP contribution in [-0.4, -0.2) is 37.0 Å². The van der Waals surface area contributed by atoms with Crippen molar-refractivity contribution < 1.29 is 24.4 Å². The Balaban J connectivity index is 0. The molecule has 0 aliphatic rings. The first-order valence-electron chi connectivity index (χ1n) is 5.10. The highest BCUT2D eigenvalue weighted by molar-refractivity contribution is 5.65. The molecule has 0 radical (unpaired) electrons. The molecule has 0 aliphatic carbocycles. The van der Waals surface area contributed by atoms with E-state index in [-0.39, 0.29) is 19.3 Å². The zero-order chi connectivity index (χ0) is 12.1. The highest BCUT2D eigenvalue weighted by atomic mass is 17.2. The summed E-state index contributed by atoms with van der Waals surface area (Å²) >= 11 is 0. The van der Waals surface area contributed by atoms with Gasteiger partial charge in [0.05, 0.1) is 12.7 Å². The van der Waals surface area contributed by atoms with Crippen LogP contribution in [0.1, 0.15) is 34.1 Å². The second-order valence-corrected chi connectivity index (χ2v) is 2.80. The van der Waals surface area contributed by atoms with Crippen LogP contribution in [0, 0.1) is 0 Å². The number of aliphatic hydroxyl groups is 1. The maximum Gasteiger partial charge on any atom is 0.339 e. The molecule has 0 aromatic rings. The summed E-state index contributed by atoms with van der Waals surface area (Å²) < 4.78 is 5.26. The molecule has 0 aromatic heterocycles. The summed E-state index contributed by atoms with van der Waals surface area (Å²) in [5, 5.41) is 7.57. The molecule has 0 amide bonds. The second-order valence-electron chi connectivity index (χ2n) is 2.80. The first-order chi connectivity index (χ1) is 7.08. The van der Waals surface area contributed by atoms with Crippen molar-refractivity contribution >= 4 is 5.97 Å². The standard InChI is InChI=1S/C8H16O4.C2H6O/c1-4-7(2)10-5-6-11-12-8(3)9;1-2-3/h7H,4-6H2,1-3H3;3H,2H2,1H3. The normalized spacial score (nSPS) is 11.3. The van der Waals surface area contributed by atoms with Gasteiger partial charge in [0.15, 0.2) is 0 Å². The molecule has 0 spiro atoms. The van der Waals surface area contributed by atoms with Crippen molar-refractivity contribution in [2.45, 2.75) is 40.2 Å². The van der Waals surface area contributed by atoms with Crippen LogP contribution < -0.4 is 0 Å². The lowest BCUT2D eigenvalue weighted by Gasteiger charge is -2.09.